The molecule has 0 amide bonds. The Labute approximate surface area is 108 Å². The quantitative estimate of drug-likeness (QED) is 0.826. The average Bonchev–Trinajstić information content (AvgIpc) is 2.46. The van der Waals surface area contributed by atoms with Crippen LogP contribution in [0.4, 0.5) is 5.69 Å². The predicted molar refractivity (Wildman–Crippen MR) is 72.1 cm³/mol. The number of benzene rings is 1. The largest absolute Gasteiger partial charge is 0.465 e. The molecule has 1 fully saturated rings. The highest BCUT2D eigenvalue weighted by molar-refractivity contribution is 5.90. The summed E-state index contributed by atoms with van der Waals surface area (Å²) in [4.78, 5) is 13.8. The Morgan fingerprint density at radius 2 is 2.39 bits per heavy atom. The van der Waals surface area contributed by atoms with Crippen LogP contribution in [0.2, 0.25) is 0 Å². The summed E-state index contributed by atoms with van der Waals surface area (Å²) < 4.78 is 4.75. The first kappa shape index (κ1) is 12.9. The number of nitrogens with one attached hydrogen (secondary N) is 1. The lowest BCUT2D eigenvalue weighted by Crippen LogP contribution is -2.50. The number of piperazine rings is 1. The van der Waals surface area contributed by atoms with Crippen LogP contribution in [-0.2, 0) is 4.74 Å². The number of hydrogen-bond acceptors (Lipinski definition) is 4. The van der Waals surface area contributed by atoms with E-state index in [-0.39, 0.29) is 5.97 Å². The number of carbonyl (C=O) groups excluding carboxylic acids is 1. The molecule has 1 aliphatic heterocycles. The van der Waals surface area contributed by atoms with Crippen molar-refractivity contribution >= 4 is 11.7 Å². The maximum absolute atomic E-state index is 11.5. The fourth-order valence-electron chi connectivity index (χ4n) is 2.28. The fraction of sp³-hybridized carbons (Fsp3) is 0.500. The predicted octanol–water partition coefficient (Wildman–Crippen LogP) is 1.66. The van der Waals surface area contributed by atoms with Crippen molar-refractivity contribution in [1.29, 1.82) is 0 Å². The van der Waals surface area contributed by atoms with E-state index >= 15 is 0 Å². The summed E-state index contributed by atoms with van der Waals surface area (Å²) in [6.07, 6.45) is 1.12. The molecule has 1 heterocycles. The van der Waals surface area contributed by atoms with Gasteiger partial charge in [0, 0.05) is 31.4 Å². The van der Waals surface area contributed by atoms with Crippen molar-refractivity contribution in [3.63, 3.8) is 0 Å². The van der Waals surface area contributed by atoms with Gasteiger partial charge in [-0.2, -0.15) is 0 Å². The summed E-state index contributed by atoms with van der Waals surface area (Å²) in [5, 5.41) is 3.48. The topological polar surface area (TPSA) is 41.6 Å². The number of carbonyl (C=O) groups is 1. The van der Waals surface area contributed by atoms with Crippen molar-refractivity contribution < 1.29 is 9.53 Å². The summed E-state index contributed by atoms with van der Waals surface area (Å²) in [5.41, 5.74) is 1.71. The highest BCUT2D eigenvalue weighted by atomic mass is 16.5. The van der Waals surface area contributed by atoms with Gasteiger partial charge in [-0.25, -0.2) is 4.79 Å². The highest BCUT2D eigenvalue weighted by Crippen LogP contribution is 2.18. The van der Waals surface area contributed by atoms with Gasteiger partial charge in [-0.05, 0) is 24.6 Å². The van der Waals surface area contributed by atoms with E-state index in [0.29, 0.717) is 11.6 Å². The average molecular weight is 248 g/mol. The molecule has 0 aliphatic carbocycles. The Morgan fingerprint density at radius 3 is 3.11 bits per heavy atom. The maximum atomic E-state index is 11.5. The van der Waals surface area contributed by atoms with Crippen LogP contribution >= 0.6 is 0 Å². The van der Waals surface area contributed by atoms with Gasteiger partial charge >= 0.3 is 5.97 Å². The number of ether oxygens (including phenoxy) is 1. The first-order valence-corrected chi connectivity index (χ1v) is 6.41. The molecule has 1 aromatic rings. The number of anilines is 1. The molecule has 1 aromatic carbocycles. The second-order valence-electron chi connectivity index (χ2n) is 4.55. The summed E-state index contributed by atoms with van der Waals surface area (Å²) in [5.74, 6) is -0.279. The van der Waals surface area contributed by atoms with E-state index in [1.54, 1.807) is 6.07 Å². The van der Waals surface area contributed by atoms with Gasteiger partial charge < -0.3 is 15.0 Å². The van der Waals surface area contributed by atoms with E-state index < -0.39 is 0 Å². The minimum atomic E-state index is -0.279. The van der Waals surface area contributed by atoms with E-state index in [9.17, 15) is 4.79 Å². The van der Waals surface area contributed by atoms with E-state index in [2.05, 4.69) is 17.1 Å². The summed E-state index contributed by atoms with van der Waals surface area (Å²) in [6, 6.07) is 8.17. The van der Waals surface area contributed by atoms with Gasteiger partial charge in [0.15, 0.2) is 0 Å². The smallest absolute Gasteiger partial charge is 0.337 e. The van der Waals surface area contributed by atoms with Crippen molar-refractivity contribution in [3.05, 3.63) is 29.8 Å². The lowest BCUT2D eigenvalue weighted by Gasteiger charge is -2.35. The fourth-order valence-corrected chi connectivity index (χ4v) is 2.28. The van der Waals surface area contributed by atoms with Gasteiger partial charge in [0.1, 0.15) is 0 Å². The van der Waals surface area contributed by atoms with Crippen LogP contribution in [-0.4, -0.2) is 38.8 Å². The van der Waals surface area contributed by atoms with Crippen molar-refractivity contribution in [3.8, 4) is 0 Å². The summed E-state index contributed by atoms with van der Waals surface area (Å²) in [7, 11) is 1.41. The standard InChI is InChI=1S/C14H20N2O2/c1-3-12-10-16(8-7-15-12)13-6-4-5-11(9-13)14(17)18-2/h4-6,9,12,15H,3,7-8,10H2,1-2H3/t12-/m0/s1. The van der Waals surface area contributed by atoms with Crippen LogP contribution in [0.15, 0.2) is 24.3 Å². The molecule has 4 nitrogen and oxygen atoms in total. The molecule has 0 saturated carbocycles. The molecule has 2 rings (SSSR count). The molecule has 0 spiro atoms. The van der Waals surface area contributed by atoms with Crippen molar-refractivity contribution in [1.82, 2.24) is 5.32 Å². The molecule has 4 heteroatoms. The van der Waals surface area contributed by atoms with Crippen LogP contribution in [0.1, 0.15) is 23.7 Å². The van der Waals surface area contributed by atoms with Crippen molar-refractivity contribution in [2.45, 2.75) is 19.4 Å². The Kier molecular flexibility index (Phi) is 4.20. The molecule has 1 saturated heterocycles. The molecule has 0 radical (unpaired) electrons. The normalized spacial score (nSPS) is 19.7. The van der Waals surface area contributed by atoms with Gasteiger partial charge in [-0.1, -0.05) is 13.0 Å². The molecule has 1 atom stereocenters. The molecule has 0 unspecified atom stereocenters. The Bertz CT molecular complexity index is 420. The Balaban J connectivity index is 2.15. The van der Waals surface area contributed by atoms with Crippen LogP contribution in [0.25, 0.3) is 0 Å². The zero-order chi connectivity index (χ0) is 13.0. The van der Waals surface area contributed by atoms with Gasteiger partial charge in [0.25, 0.3) is 0 Å². The van der Waals surface area contributed by atoms with Gasteiger partial charge in [-0.3, -0.25) is 0 Å². The van der Waals surface area contributed by atoms with E-state index in [1.807, 2.05) is 18.2 Å². The molecule has 1 N–H and O–H groups in total. The zero-order valence-corrected chi connectivity index (χ0v) is 11.0. The molecule has 0 bridgehead atoms. The number of esters is 1. The Hall–Kier alpha value is -1.55. The molecule has 98 valence electrons. The van der Waals surface area contributed by atoms with Crippen LogP contribution in [0, 0.1) is 0 Å². The van der Waals surface area contributed by atoms with E-state index in [1.165, 1.54) is 7.11 Å². The molecular weight excluding hydrogens is 228 g/mol. The van der Waals surface area contributed by atoms with Crippen LogP contribution in [0.5, 0.6) is 0 Å². The lowest BCUT2D eigenvalue weighted by atomic mass is 10.1. The number of methoxy groups -OCH3 is 1. The SMILES string of the molecule is CC[C@H]1CN(c2cccc(C(=O)OC)c2)CCN1. The first-order valence-electron chi connectivity index (χ1n) is 6.41. The van der Waals surface area contributed by atoms with Gasteiger partial charge in [-0.15, -0.1) is 0 Å². The van der Waals surface area contributed by atoms with E-state index in [0.717, 1.165) is 31.7 Å². The number of nitrogens with zero attached hydrogens (tertiary/aromatic N) is 1. The molecule has 1 aliphatic rings. The summed E-state index contributed by atoms with van der Waals surface area (Å²) in [6.45, 7) is 5.13. The summed E-state index contributed by atoms with van der Waals surface area (Å²) >= 11 is 0. The maximum Gasteiger partial charge on any atom is 0.337 e. The molecule has 0 aromatic heterocycles. The monoisotopic (exact) mass is 248 g/mol. The number of rotatable bonds is 3. The zero-order valence-electron chi connectivity index (χ0n) is 11.0. The molecule has 18 heavy (non-hydrogen) atoms. The number of hydrogen-bond donors (Lipinski definition) is 1. The highest BCUT2D eigenvalue weighted by Gasteiger charge is 2.18. The molecular formula is C14H20N2O2. The van der Waals surface area contributed by atoms with Crippen LogP contribution in [0.3, 0.4) is 0 Å². The second-order valence-corrected chi connectivity index (χ2v) is 4.55. The Morgan fingerprint density at radius 1 is 1.56 bits per heavy atom. The van der Waals surface area contributed by atoms with Crippen molar-refractivity contribution in [2.75, 3.05) is 31.6 Å². The minimum Gasteiger partial charge on any atom is -0.465 e. The van der Waals surface area contributed by atoms with Crippen LogP contribution < -0.4 is 10.2 Å². The minimum absolute atomic E-state index is 0.279. The third-order valence-corrected chi connectivity index (χ3v) is 3.38. The van der Waals surface area contributed by atoms with Crippen molar-refractivity contribution in [2.24, 2.45) is 0 Å². The third kappa shape index (κ3) is 2.82. The van der Waals surface area contributed by atoms with Gasteiger partial charge in [0.05, 0.1) is 12.7 Å². The first-order chi connectivity index (χ1) is 8.74. The second kappa shape index (κ2) is 5.87. The third-order valence-electron chi connectivity index (χ3n) is 3.38. The van der Waals surface area contributed by atoms with E-state index in [4.69, 9.17) is 4.74 Å². The lowest BCUT2D eigenvalue weighted by molar-refractivity contribution is 0.0601. The van der Waals surface area contributed by atoms with Gasteiger partial charge in [0.2, 0.25) is 0 Å².